The van der Waals surface area contributed by atoms with Crippen LogP contribution in [0.5, 0.6) is 11.5 Å². The molecule has 0 spiro atoms. The first kappa shape index (κ1) is 30.0. The van der Waals surface area contributed by atoms with E-state index in [2.05, 4.69) is 15.6 Å². The van der Waals surface area contributed by atoms with E-state index in [4.69, 9.17) is 9.47 Å². The van der Waals surface area contributed by atoms with Crippen molar-refractivity contribution < 1.29 is 24.5 Å². The third-order valence-electron chi connectivity index (χ3n) is 8.59. The van der Waals surface area contributed by atoms with Crippen molar-refractivity contribution in [3.63, 3.8) is 0 Å². The van der Waals surface area contributed by atoms with Crippen molar-refractivity contribution in [2.45, 2.75) is 62.4 Å². The van der Waals surface area contributed by atoms with Gasteiger partial charge in [-0.3, -0.25) is 15.1 Å². The lowest BCUT2D eigenvalue weighted by Crippen LogP contribution is -2.59. The monoisotopic (exact) mass is 574 g/mol. The molecular formula is C33H42N4O5. The van der Waals surface area contributed by atoms with E-state index in [1.807, 2.05) is 65.6 Å². The number of carbonyl (C=O) groups is 1. The highest BCUT2D eigenvalue weighted by Gasteiger charge is 2.49. The Labute approximate surface area is 247 Å². The van der Waals surface area contributed by atoms with Crippen molar-refractivity contribution in [1.29, 1.82) is 0 Å². The molecule has 1 aromatic heterocycles. The highest BCUT2D eigenvalue weighted by atomic mass is 16.5. The van der Waals surface area contributed by atoms with Gasteiger partial charge in [-0.15, -0.1) is 0 Å². The standard InChI is InChI=1S/C33H42N4O5/c1-41-23-14-15-26(29(21-23)42-2)31-30(32(39)36-18-16-22-9-7-8-17-34-22)24-10-3-4-11-25(24)33(40)37(31)28-13-6-5-12-27(28)35-19-20-38/h3-4,7-11,14-15,17,21,27-28,30-32,35-36,38-39H,5-6,12-13,16,18-20H2,1-2H3. The van der Waals surface area contributed by atoms with Crippen molar-refractivity contribution in [3.8, 4) is 11.5 Å². The molecule has 9 nitrogen and oxygen atoms in total. The maximum absolute atomic E-state index is 14.5. The first-order valence-corrected chi connectivity index (χ1v) is 14.9. The molecular weight excluding hydrogens is 532 g/mol. The van der Waals surface area contributed by atoms with Crippen LogP contribution in [0.15, 0.2) is 66.9 Å². The molecule has 1 amide bonds. The molecule has 1 aliphatic heterocycles. The Morgan fingerprint density at radius 1 is 1.00 bits per heavy atom. The van der Waals surface area contributed by atoms with Gasteiger partial charge in [0.1, 0.15) is 17.7 Å². The highest BCUT2D eigenvalue weighted by Crippen LogP contribution is 2.49. The van der Waals surface area contributed by atoms with Gasteiger partial charge in [0.2, 0.25) is 0 Å². The molecule has 0 saturated heterocycles. The number of aromatic nitrogens is 1. The molecule has 224 valence electrons. The Morgan fingerprint density at radius 3 is 2.57 bits per heavy atom. The first-order chi connectivity index (χ1) is 20.6. The molecule has 1 saturated carbocycles. The first-order valence-electron chi connectivity index (χ1n) is 14.9. The molecule has 1 fully saturated rings. The molecule has 2 heterocycles. The Kier molecular flexibility index (Phi) is 10.1. The van der Waals surface area contributed by atoms with Gasteiger partial charge >= 0.3 is 0 Å². The Morgan fingerprint density at radius 2 is 1.81 bits per heavy atom. The van der Waals surface area contributed by atoms with Crippen LogP contribution in [0.4, 0.5) is 0 Å². The quantitative estimate of drug-likeness (QED) is 0.243. The fraction of sp³-hybridized carbons (Fsp3) is 0.455. The third kappa shape index (κ3) is 6.29. The van der Waals surface area contributed by atoms with Crippen molar-refractivity contribution in [2.24, 2.45) is 0 Å². The van der Waals surface area contributed by atoms with E-state index < -0.39 is 18.2 Å². The van der Waals surface area contributed by atoms with E-state index in [0.29, 0.717) is 36.6 Å². The second-order valence-corrected chi connectivity index (χ2v) is 11.0. The second kappa shape index (κ2) is 14.1. The summed E-state index contributed by atoms with van der Waals surface area (Å²) in [6.45, 7) is 0.996. The summed E-state index contributed by atoms with van der Waals surface area (Å²) < 4.78 is 11.4. The summed E-state index contributed by atoms with van der Waals surface area (Å²) in [6.07, 6.45) is 5.23. The van der Waals surface area contributed by atoms with Gasteiger partial charge in [-0.25, -0.2) is 0 Å². The highest BCUT2D eigenvalue weighted by molar-refractivity contribution is 5.98. The van der Waals surface area contributed by atoms with E-state index in [0.717, 1.165) is 42.5 Å². The second-order valence-electron chi connectivity index (χ2n) is 11.0. The summed E-state index contributed by atoms with van der Waals surface area (Å²) in [4.78, 5) is 20.9. The third-order valence-corrected chi connectivity index (χ3v) is 8.59. The van der Waals surface area contributed by atoms with Crippen molar-refractivity contribution in [2.75, 3.05) is 33.9 Å². The van der Waals surface area contributed by atoms with E-state index in [1.54, 1.807) is 20.4 Å². The van der Waals surface area contributed by atoms with Crippen LogP contribution in [0.2, 0.25) is 0 Å². The smallest absolute Gasteiger partial charge is 0.254 e. The van der Waals surface area contributed by atoms with E-state index in [9.17, 15) is 15.0 Å². The van der Waals surface area contributed by atoms with Crippen LogP contribution in [-0.2, 0) is 6.42 Å². The average molecular weight is 575 g/mol. The summed E-state index contributed by atoms with van der Waals surface area (Å²) in [6, 6.07) is 18.4. The molecule has 5 atom stereocenters. The maximum Gasteiger partial charge on any atom is 0.254 e. The number of methoxy groups -OCH3 is 2. The molecule has 1 aliphatic carbocycles. The number of hydrogen-bond acceptors (Lipinski definition) is 8. The zero-order valence-corrected chi connectivity index (χ0v) is 24.4. The number of nitrogens with one attached hydrogen (secondary N) is 2. The zero-order chi connectivity index (χ0) is 29.5. The SMILES string of the molecule is COc1ccc(C2C(C(O)NCCc3ccccn3)c3ccccc3C(=O)N2C2CCCCC2NCCO)c(OC)c1. The fourth-order valence-corrected chi connectivity index (χ4v) is 6.65. The molecule has 5 rings (SSSR count). The number of fused-ring (bicyclic) bond motifs is 1. The molecule has 0 radical (unpaired) electrons. The largest absolute Gasteiger partial charge is 0.497 e. The van der Waals surface area contributed by atoms with Crippen LogP contribution in [-0.4, -0.2) is 78.2 Å². The Balaban J connectivity index is 1.60. The number of carbonyl (C=O) groups excluding carboxylic acids is 1. The molecule has 42 heavy (non-hydrogen) atoms. The molecule has 4 N–H and O–H groups in total. The minimum absolute atomic E-state index is 0.0155. The lowest BCUT2D eigenvalue weighted by atomic mass is 9.75. The minimum Gasteiger partial charge on any atom is -0.497 e. The summed E-state index contributed by atoms with van der Waals surface area (Å²) in [5.74, 6) is 0.701. The fourth-order valence-electron chi connectivity index (χ4n) is 6.65. The van der Waals surface area contributed by atoms with Crippen LogP contribution < -0.4 is 20.1 Å². The molecule has 5 unspecified atom stereocenters. The number of ether oxygens (including phenoxy) is 2. The van der Waals surface area contributed by atoms with Crippen LogP contribution >= 0.6 is 0 Å². The predicted octanol–water partition coefficient (Wildman–Crippen LogP) is 3.42. The van der Waals surface area contributed by atoms with Crippen LogP contribution in [0.25, 0.3) is 0 Å². The number of pyridine rings is 1. The normalized spacial score (nSPS) is 22.9. The van der Waals surface area contributed by atoms with Gasteiger partial charge < -0.3 is 29.9 Å². The van der Waals surface area contributed by atoms with Crippen LogP contribution in [0, 0.1) is 0 Å². The number of aliphatic hydroxyl groups is 2. The number of rotatable bonds is 12. The number of amides is 1. The predicted molar refractivity (Wildman–Crippen MR) is 161 cm³/mol. The number of aliphatic hydroxyl groups excluding tert-OH is 2. The summed E-state index contributed by atoms with van der Waals surface area (Å²) in [7, 11) is 3.22. The zero-order valence-electron chi connectivity index (χ0n) is 24.4. The Hall–Kier alpha value is -3.50. The van der Waals surface area contributed by atoms with E-state index >= 15 is 0 Å². The summed E-state index contributed by atoms with van der Waals surface area (Å²) in [5.41, 5.74) is 3.15. The average Bonchev–Trinajstić information content (AvgIpc) is 3.04. The van der Waals surface area contributed by atoms with Crippen LogP contribution in [0.3, 0.4) is 0 Å². The minimum atomic E-state index is -0.963. The van der Waals surface area contributed by atoms with Gasteiger partial charge in [0, 0.05) is 66.6 Å². The number of benzene rings is 2. The summed E-state index contributed by atoms with van der Waals surface area (Å²) in [5, 5.41) is 28.4. The Bertz CT molecular complexity index is 1320. The van der Waals surface area contributed by atoms with Gasteiger partial charge in [-0.05, 0) is 48.7 Å². The van der Waals surface area contributed by atoms with Gasteiger partial charge in [-0.1, -0.05) is 37.1 Å². The summed E-state index contributed by atoms with van der Waals surface area (Å²) >= 11 is 0. The molecule has 2 aromatic carbocycles. The lowest BCUT2D eigenvalue weighted by molar-refractivity contribution is 0.00744. The topological polar surface area (TPSA) is 116 Å². The number of hydrogen-bond donors (Lipinski definition) is 4. The molecule has 9 heteroatoms. The van der Waals surface area contributed by atoms with Gasteiger partial charge in [0.15, 0.2) is 0 Å². The van der Waals surface area contributed by atoms with Gasteiger partial charge in [0.05, 0.1) is 26.9 Å². The van der Waals surface area contributed by atoms with Gasteiger partial charge in [0.25, 0.3) is 5.91 Å². The van der Waals surface area contributed by atoms with Gasteiger partial charge in [-0.2, -0.15) is 0 Å². The van der Waals surface area contributed by atoms with E-state index in [1.165, 1.54) is 0 Å². The van der Waals surface area contributed by atoms with E-state index in [-0.39, 0.29) is 24.6 Å². The van der Waals surface area contributed by atoms with Crippen molar-refractivity contribution >= 4 is 5.91 Å². The lowest BCUT2D eigenvalue weighted by Gasteiger charge is -2.50. The molecule has 0 bridgehead atoms. The van der Waals surface area contributed by atoms with Crippen molar-refractivity contribution in [3.05, 3.63) is 89.2 Å². The number of nitrogens with zero attached hydrogens (tertiary/aromatic N) is 2. The molecule has 3 aromatic rings. The molecule has 2 aliphatic rings. The maximum atomic E-state index is 14.5. The van der Waals surface area contributed by atoms with Crippen molar-refractivity contribution in [1.82, 2.24) is 20.5 Å². The van der Waals surface area contributed by atoms with Crippen LogP contribution in [0.1, 0.15) is 64.8 Å².